The number of likely N-dealkylation sites (N-methyl/N-ethyl adjacent to an activating group) is 1. The van der Waals surface area contributed by atoms with E-state index in [9.17, 15) is 13.2 Å². The SMILES string of the molecule is Cc1cccc(NS(=O)(=O)c2ccc(Cl)c(C(=O)NN3CC[NH+](C)CC3)c2)c1. The van der Waals surface area contributed by atoms with Gasteiger partial charge in [-0.2, -0.15) is 0 Å². The molecule has 9 heteroatoms. The zero-order chi connectivity index (χ0) is 20.3. The number of benzene rings is 2. The van der Waals surface area contributed by atoms with Gasteiger partial charge in [0.2, 0.25) is 0 Å². The first-order valence-electron chi connectivity index (χ1n) is 9.01. The van der Waals surface area contributed by atoms with Crippen LogP contribution in [0.1, 0.15) is 15.9 Å². The summed E-state index contributed by atoms with van der Waals surface area (Å²) in [5.41, 5.74) is 4.33. The lowest BCUT2D eigenvalue weighted by Gasteiger charge is -2.30. The summed E-state index contributed by atoms with van der Waals surface area (Å²) in [5, 5.41) is 2.03. The fourth-order valence-electron chi connectivity index (χ4n) is 2.97. The Morgan fingerprint density at radius 3 is 2.54 bits per heavy atom. The number of anilines is 1. The van der Waals surface area contributed by atoms with E-state index in [0.29, 0.717) is 5.69 Å². The van der Waals surface area contributed by atoms with Crippen LogP contribution < -0.4 is 15.0 Å². The zero-order valence-electron chi connectivity index (χ0n) is 15.8. The average molecular weight is 424 g/mol. The van der Waals surface area contributed by atoms with E-state index >= 15 is 0 Å². The summed E-state index contributed by atoms with van der Waals surface area (Å²) in [6.07, 6.45) is 0. The minimum absolute atomic E-state index is 0.0219. The van der Waals surface area contributed by atoms with Gasteiger partial charge in [0.15, 0.2) is 0 Å². The van der Waals surface area contributed by atoms with Crippen LogP contribution in [0, 0.1) is 6.92 Å². The van der Waals surface area contributed by atoms with Gasteiger partial charge < -0.3 is 4.90 Å². The Morgan fingerprint density at radius 1 is 1.14 bits per heavy atom. The maximum atomic E-state index is 12.7. The van der Waals surface area contributed by atoms with Crippen LogP contribution in [-0.2, 0) is 10.0 Å². The molecule has 0 saturated carbocycles. The van der Waals surface area contributed by atoms with E-state index in [-0.39, 0.29) is 15.5 Å². The smallest absolute Gasteiger partial charge is 0.267 e. The third kappa shape index (κ3) is 5.02. The van der Waals surface area contributed by atoms with Crippen LogP contribution in [0.25, 0.3) is 0 Å². The molecule has 7 nitrogen and oxygen atoms in total. The Morgan fingerprint density at radius 2 is 1.86 bits per heavy atom. The average Bonchev–Trinajstić information content (AvgIpc) is 2.63. The second-order valence-corrected chi connectivity index (χ2v) is 9.09. The van der Waals surface area contributed by atoms with Crippen molar-refractivity contribution in [2.75, 3.05) is 37.9 Å². The van der Waals surface area contributed by atoms with E-state index in [0.717, 1.165) is 31.7 Å². The van der Waals surface area contributed by atoms with Gasteiger partial charge in [-0.05, 0) is 42.8 Å². The van der Waals surface area contributed by atoms with Gasteiger partial charge in [0, 0.05) is 5.69 Å². The van der Waals surface area contributed by atoms with Crippen molar-refractivity contribution in [2.24, 2.45) is 0 Å². The van der Waals surface area contributed by atoms with Crippen LogP contribution in [-0.4, -0.2) is 52.6 Å². The second-order valence-electron chi connectivity index (χ2n) is 7.00. The molecule has 1 aliphatic rings. The predicted molar refractivity (Wildman–Crippen MR) is 109 cm³/mol. The van der Waals surface area contributed by atoms with Crippen molar-refractivity contribution in [1.82, 2.24) is 10.4 Å². The number of amides is 1. The number of nitrogens with zero attached hydrogens (tertiary/aromatic N) is 1. The van der Waals surface area contributed by atoms with Crippen LogP contribution in [0.3, 0.4) is 0 Å². The quantitative estimate of drug-likeness (QED) is 0.668. The minimum Gasteiger partial charge on any atom is -0.335 e. The molecule has 0 bridgehead atoms. The van der Waals surface area contributed by atoms with Gasteiger partial charge in [0.1, 0.15) is 0 Å². The van der Waals surface area contributed by atoms with Gasteiger partial charge in [0.05, 0.1) is 48.7 Å². The predicted octanol–water partition coefficient (Wildman–Crippen LogP) is 0.924. The van der Waals surface area contributed by atoms with Crippen molar-refractivity contribution in [3.63, 3.8) is 0 Å². The van der Waals surface area contributed by atoms with Crippen molar-refractivity contribution in [3.8, 4) is 0 Å². The number of nitrogens with one attached hydrogen (secondary N) is 3. The molecule has 28 heavy (non-hydrogen) atoms. The third-order valence-corrected chi connectivity index (χ3v) is 6.35. The number of quaternary nitrogens is 1. The van der Waals surface area contributed by atoms with Crippen LogP contribution in [0.5, 0.6) is 0 Å². The number of carbonyl (C=O) groups excluding carboxylic acids is 1. The highest BCUT2D eigenvalue weighted by Gasteiger charge is 2.22. The minimum atomic E-state index is -3.85. The van der Waals surface area contributed by atoms with Gasteiger partial charge in [-0.3, -0.25) is 14.9 Å². The molecule has 3 N–H and O–H groups in total. The molecule has 150 valence electrons. The second kappa shape index (κ2) is 8.48. The number of sulfonamides is 1. The number of halogens is 1. The van der Waals surface area contributed by atoms with Gasteiger partial charge in [-0.1, -0.05) is 23.7 Å². The fraction of sp³-hybridized carbons (Fsp3) is 0.316. The highest BCUT2D eigenvalue weighted by atomic mass is 35.5. The molecule has 2 aromatic carbocycles. The van der Waals surface area contributed by atoms with Crippen LogP contribution in [0.4, 0.5) is 5.69 Å². The standard InChI is InChI=1S/C19H23ClN4O3S/c1-14-4-3-5-15(12-14)22-28(26,27)16-6-7-18(20)17(13-16)19(25)21-24-10-8-23(2)9-11-24/h3-7,12-13,22H,8-11H2,1-2H3,(H,21,25)/p+1. The monoisotopic (exact) mass is 423 g/mol. The molecule has 1 heterocycles. The first kappa shape index (κ1) is 20.6. The Kier molecular flexibility index (Phi) is 6.24. The highest BCUT2D eigenvalue weighted by Crippen LogP contribution is 2.23. The van der Waals surface area contributed by atoms with Crippen molar-refractivity contribution in [3.05, 3.63) is 58.6 Å². The molecule has 0 spiro atoms. The molecule has 0 unspecified atom stereocenters. The number of hydrogen-bond acceptors (Lipinski definition) is 4. The largest absolute Gasteiger partial charge is 0.335 e. The molecule has 0 radical (unpaired) electrons. The Balaban J connectivity index is 1.79. The summed E-state index contributed by atoms with van der Waals surface area (Å²) in [6, 6.07) is 11.2. The van der Waals surface area contributed by atoms with E-state index in [1.54, 1.807) is 18.2 Å². The van der Waals surface area contributed by atoms with Gasteiger partial charge in [-0.25, -0.2) is 13.4 Å². The summed E-state index contributed by atoms with van der Waals surface area (Å²) in [4.78, 5) is 14.0. The molecule has 1 aliphatic heterocycles. The van der Waals surface area contributed by atoms with E-state index in [1.807, 2.05) is 18.0 Å². The van der Waals surface area contributed by atoms with Crippen LogP contribution >= 0.6 is 11.6 Å². The van der Waals surface area contributed by atoms with E-state index in [1.165, 1.54) is 23.1 Å². The number of hydrogen-bond donors (Lipinski definition) is 3. The highest BCUT2D eigenvalue weighted by molar-refractivity contribution is 7.92. The molecule has 1 fully saturated rings. The van der Waals surface area contributed by atoms with Gasteiger partial charge in [-0.15, -0.1) is 0 Å². The fourth-order valence-corrected chi connectivity index (χ4v) is 4.25. The lowest BCUT2D eigenvalue weighted by atomic mass is 10.2. The zero-order valence-corrected chi connectivity index (χ0v) is 17.4. The summed E-state index contributed by atoms with van der Waals surface area (Å²) in [7, 11) is -1.75. The molecule has 0 atom stereocenters. The molecule has 2 aromatic rings. The lowest BCUT2D eigenvalue weighted by Crippen LogP contribution is -3.12. The van der Waals surface area contributed by atoms with Crippen molar-refractivity contribution in [2.45, 2.75) is 11.8 Å². The maximum absolute atomic E-state index is 12.7. The van der Waals surface area contributed by atoms with Crippen molar-refractivity contribution in [1.29, 1.82) is 0 Å². The number of hydrazine groups is 1. The summed E-state index contributed by atoms with van der Waals surface area (Å²) < 4.78 is 28.0. The van der Waals surface area contributed by atoms with Crippen LogP contribution in [0.2, 0.25) is 5.02 Å². The Bertz CT molecular complexity index is 973. The maximum Gasteiger partial charge on any atom is 0.267 e. The van der Waals surface area contributed by atoms with Crippen molar-refractivity contribution < 1.29 is 18.1 Å². The molecule has 0 aromatic heterocycles. The van der Waals surface area contributed by atoms with E-state index in [4.69, 9.17) is 11.6 Å². The van der Waals surface area contributed by atoms with Gasteiger partial charge in [0.25, 0.3) is 15.9 Å². The summed E-state index contributed by atoms with van der Waals surface area (Å²) in [5.74, 6) is -0.419. The topological polar surface area (TPSA) is 82.9 Å². The molecule has 1 saturated heterocycles. The molecule has 1 amide bonds. The molecule has 0 aliphatic carbocycles. The molecule has 3 rings (SSSR count). The summed E-state index contributed by atoms with van der Waals surface area (Å²) >= 11 is 6.16. The number of piperazine rings is 1. The Labute approximate surface area is 170 Å². The first-order chi connectivity index (χ1) is 13.2. The number of aryl methyl sites for hydroxylation is 1. The Hall–Kier alpha value is -2.13. The first-order valence-corrected chi connectivity index (χ1v) is 10.9. The normalized spacial score (nSPS) is 16.0. The number of rotatable bonds is 5. The van der Waals surface area contributed by atoms with Gasteiger partial charge >= 0.3 is 0 Å². The molecular formula is C19H24ClN4O3S+. The third-order valence-electron chi connectivity index (χ3n) is 4.64. The number of carbonyl (C=O) groups is 1. The van der Waals surface area contributed by atoms with Crippen LogP contribution in [0.15, 0.2) is 47.4 Å². The summed E-state index contributed by atoms with van der Waals surface area (Å²) in [6.45, 7) is 5.16. The lowest BCUT2D eigenvalue weighted by molar-refractivity contribution is -0.884. The van der Waals surface area contributed by atoms with E-state index < -0.39 is 15.9 Å². The van der Waals surface area contributed by atoms with Crippen molar-refractivity contribution >= 4 is 33.2 Å². The molecular weight excluding hydrogens is 400 g/mol. The van der Waals surface area contributed by atoms with E-state index in [2.05, 4.69) is 17.2 Å².